The molecule has 0 saturated heterocycles. The van der Waals surface area contributed by atoms with E-state index in [0.29, 0.717) is 75.9 Å². The number of halogens is 26. The molecule has 0 radical (unpaired) electrons. The van der Waals surface area contributed by atoms with Gasteiger partial charge in [-0.15, -0.1) is 0 Å². The van der Waals surface area contributed by atoms with Crippen molar-refractivity contribution in [2.45, 2.75) is 117 Å². The average molecular weight is 2140 g/mol. The van der Waals surface area contributed by atoms with Gasteiger partial charge < -0.3 is 0 Å². The summed E-state index contributed by atoms with van der Waals surface area (Å²) in [6.45, 7) is 12.6. The fourth-order valence-corrected chi connectivity index (χ4v) is 15.9. The van der Waals surface area contributed by atoms with Gasteiger partial charge in [-0.25, -0.2) is 69.8 Å². The summed E-state index contributed by atoms with van der Waals surface area (Å²) in [5.41, 5.74) is 5.34. The molecule has 9 aromatic carbocycles. The first-order valence-electron chi connectivity index (χ1n) is 41.5. The Hall–Kier alpha value is -11.3. The Morgan fingerprint density at radius 3 is 0.871 bits per heavy atom. The van der Waals surface area contributed by atoms with E-state index in [0.717, 1.165) is 101 Å². The lowest BCUT2D eigenvalue weighted by Crippen LogP contribution is -2.10. The molecule has 724 valence electrons. The summed E-state index contributed by atoms with van der Waals surface area (Å²) in [5, 5.41) is 3.65. The Labute approximate surface area is 848 Å². The second-order valence-electron chi connectivity index (χ2n) is 30.5. The summed E-state index contributed by atoms with van der Waals surface area (Å²) < 4.78 is 196. The Kier molecular flexibility index (Phi) is 37.4. The highest BCUT2D eigenvalue weighted by atomic mass is 35.5. The lowest BCUT2D eigenvalue weighted by Gasteiger charge is -2.21. The van der Waals surface area contributed by atoms with Crippen molar-refractivity contribution in [3.05, 3.63) is 372 Å². The third-order valence-corrected chi connectivity index (χ3v) is 23.9. The van der Waals surface area contributed by atoms with Gasteiger partial charge in [-0.3, -0.25) is 0 Å². The van der Waals surface area contributed by atoms with E-state index in [-0.39, 0.29) is 88.6 Å². The van der Waals surface area contributed by atoms with Crippen molar-refractivity contribution in [3.8, 4) is 102 Å². The molecule has 1 aliphatic carbocycles. The lowest BCUT2D eigenvalue weighted by atomic mass is 9.87. The van der Waals surface area contributed by atoms with Crippen LogP contribution in [0.4, 0.5) is 65.9 Å². The predicted molar refractivity (Wildman–Crippen MR) is 522 cm³/mol. The van der Waals surface area contributed by atoms with E-state index >= 15 is 0 Å². The van der Waals surface area contributed by atoms with Gasteiger partial charge in [0.15, 0.2) is 40.8 Å². The Morgan fingerprint density at radius 2 is 0.521 bits per heavy atom. The zero-order valence-electron chi connectivity index (χ0n) is 73.8. The van der Waals surface area contributed by atoms with Gasteiger partial charge >= 0.3 is 30.9 Å². The summed E-state index contributed by atoms with van der Waals surface area (Å²) in [4.78, 5) is 57.9. The van der Waals surface area contributed by atoms with E-state index in [1.54, 1.807) is 87.5 Å². The van der Waals surface area contributed by atoms with Crippen molar-refractivity contribution < 1.29 is 65.9 Å². The van der Waals surface area contributed by atoms with Gasteiger partial charge in [0.1, 0.15) is 36.1 Å². The Bertz CT molecular complexity index is 6990. The van der Waals surface area contributed by atoms with Gasteiger partial charge in [-0.05, 0) is 140 Å². The van der Waals surface area contributed by atoms with Crippen molar-refractivity contribution in [1.82, 2.24) is 69.8 Å². The molecule has 1 fully saturated rings. The topological polar surface area (TPSA) is 180 Å². The van der Waals surface area contributed by atoms with Crippen molar-refractivity contribution in [2.75, 3.05) is 0 Å². The number of hydrogen-bond acceptors (Lipinski definition) is 14. The molecule has 7 heterocycles. The first-order chi connectivity index (χ1) is 66.0. The van der Waals surface area contributed by atoms with Gasteiger partial charge in [0, 0.05) is 123 Å². The normalized spacial score (nSPS) is 12.2. The molecular formula is C100H72Cl11F15N14. The van der Waals surface area contributed by atoms with Gasteiger partial charge in [0.05, 0.1) is 49.3 Å². The second-order valence-corrected chi connectivity index (χ2v) is 34.8. The standard InChI is InChI=1S/C17H9Cl2F3N2.C17H16ClF3N2.C17H10ClF3N2.C13H10ClF3N2.C12H9Cl3N2.C12H10Cl2N2.C12H8ClF3N2/c18-13-8-4-2-6-11(13)14-9-15(19)24-16(23-14)10-5-1-3-7-12(10)17(20,21)22;2*18-15-10-14(11-6-2-1-3-7-11)22-16(23-15)12-8-4-5-9-13(12)17(19,20)21;1-7-8(2)18-12(19-11(7)14)9-5-3-4-6-10(9)13(15,16)17;1-6-7(2)16-12(17-11(6)15)9-4-3-8(13)5-10(9)14;1-7-8(2)15-12(16-11(7)14)9-5-3-4-6-10(9)13;1-7-6-10(13)18-11(17-7)8-4-2-3-5-9(8)12(14,15)16/h1-9H;4-5,8-11H,1-3,6-7H2;1-10H;3-6H,1-2H3;3-5H,1-2H3;3-6H,1-2H3;2-6H,1H3. The Morgan fingerprint density at radius 1 is 0.236 bits per heavy atom. The smallest absolute Gasteiger partial charge is 0.233 e. The van der Waals surface area contributed by atoms with Crippen molar-refractivity contribution >= 4 is 128 Å². The fraction of sp³-hybridized carbons (Fsp3) is 0.180. The minimum Gasteiger partial charge on any atom is -0.233 e. The van der Waals surface area contributed by atoms with E-state index in [2.05, 4.69) is 69.8 Å². The summed E-state index contributed by atoms with van der Waals surface area (Å²) in [7, 11) is 0. The molecule has 16 aromatic rings. The number of nitrogens with zero attached hydrogens (tertiary/aromatic N) is 14. The van der Waals surface area contributed by atoms with E-state index in [4.69, 9.17) is 128 Å². The van der Waals surface area contributed by atoms with Crippen LogP contribution in [0.25, 0.3) is 102 Å². The quantitative estimate of drug-likeness (QED) is 0.0932. The van der Waals surface area contributed by atoms with Crippen LogP contribution >= 0.6 is 128 Å². The highest BCUT2D eigenvalue weighted by molar-refractivity contribution is 6.37. The lowest BCUT2D eigenvalue weighted by molar-refractivity contribution is -0.137. The monoisotopic (exact) mass is 2140 g/mol. The van der Waals surface area contributed by atoms with Crippen LogP contribution < -0.4 is 0 Å². The van der Waals surface area contributed by atoms with Crippen molar-refractivity contribution in [2.24, 2.45) is 0 Å². The second kappa shape index (κ2) is 48.0. The van der Waals surface area contributed by atoms with Gasteiger partial charge in [-0.1, -0.05) is 299 Å². The van der Waals surface area contributed by atoms with E-state index in [1.165, 1.54) is 110 Å². The van der Waals surface area contributed by atoms with Crippen molar-refractivity contribution in [3.63, 3.8) is 0 Å². The maximum absolute atomic E-state index is 13.2. The van der Waals surface area contributed by atoms with E-state index in [1.807, 2.05) is 70.2 Å². The minimum atomic E-state index is -4.52. The molecule has 140 heavy (non-hydrogen) atoms. The van der Waals surface area contributed by atoms with Gasteiger partial charge in [-0.2, -0.15) is 65.9 Å². The van der Waals surface area contributed by atoms with Crippen LogP contribution in [0, 0.1) is 48.5 Å². The fourth-order valence-electron chi connectivity index (χ4n) is 13.5. The molecule has 40 heteroatoms. The third-order valence-electron chi connectivity index (χ3n) is 20.8. The van der Waals surface area contributed by atoms with E-state index < -0.39 is 58.7 Å². The maximum Gasteiger partial charge on any atom is 0.417 e. The molecule has 0 atom stereocenters. The molecule has 14 nitrogen and oxygen atoms in total. The van der Waals surface area contributed by atoms with Crippen LogP contribution in [0.3, 0.4) is 0 Å². The first-order valence-corrected chi connectivity index (χ1v) is 45.7. The molecule has 0 amide bonds. The number of aromatic nitrogens is 14. The number of alkyl halides is 15. The highest BCUT2D eigenvalue weighted by Crippen LogP contribution is 2.45. The van der Waals surface area contributed by atoms with Gasteiger partial charge in [0.2, 0.25) is 0 Å². The zero-order valence-corrected chi connectivity index (χ0v) is 82.1. The van der Waals surface area contributed by atoms with Crippen LogP contribution in [0.1, 0.15) is 111 Å². The molecule has 0 spiro atoms. The predicted octanol–water partition coefficient (Wildman–Crippen LogP) is 34.8. The minimum absolute atomic E-state index is 0.0129. The summed E-state index contributed by atoms with van der Waals surface area (Å²) in [6.07, 6.45) is -17.0. The van der Waals surface area contributed by atoms with Crippen LogP contribution in [-0.4, -0.2) is 69.8 Å². The molecule has 0 unspecified atom stereocenters. The number of benzene rings is 9. The van der Waals surface area contributed by atoms with Gasteiger partial charge in [0.25, 0.3) is 0 Å². The molecule has 17 rings (SSSR count). The van der Waals surface area contributed by atoms with E-state index in [9.17, 15) is 65.9 Å². The molecule has 0 aliphatic heterocycles. The number of aryl methyl sites for hydroxylation is 4. The summed E-state index contributed by atoms with van der Waals surface area (Å²) >= 11 is 65.9. The molecule has 0 N–H and O–H groups in total. The Balaban J connectivity index is 0.000000157. The average Bonchev–Trinajstić information content (AvgIpc) is 0.786. The highest BCUT2D eigenvalue weighted by Gasteiger charge is 2.39. The molecule has 1 saturated carbocycles. The molecule has 7 aromatic heterocycles. The zero-order chi connectivity index (χ0) is 102. The molecular weight excluding hydrogens is 2070 g/mol. The third kappa shape index (κ3) is 29.4. The first kappa shape index (κ1) is 109. The largest absolute Gasteiger partial charge is 0.417 e. The van der Waals surface area contributed by atoms with Crippen molar-refractivity contribution in [1.29, 1.82) is 0 Å². The van der Waals surface area contributed by atoms with Crippen LogP contribution in [0.2, 0.25) is 56.2 Å². The summed E-state index contributed by atoms with van der Waals surface area (Å²) in [6, 6.07) is 60.7. The van der Waals surface area contributed by atoms with Crippen LogP contribution in [-0.2, 0) is 30.9 Å². The molecule has 0 bridgehead atoms. The maximum atomic E-state index is 13.2. The van der Waals surface area contributed by atoms with Crippen LogP contribution in [0.15, 0.2) is 243 Å². The molecule has 1 aliphatic rings. The summed E-state index contributed by atoms with van der Waals surface area (Å²) in [5.74, 6) is 1.19. The SMILES string of the molecule is Cc1cc(Cl)nc(-c2ccccc2C(F)(F)F)n1.Cc1nc(-c2ccc(Cl)cc2Cl)nc(Cl)c1C.Cc1nc(-c2ccccc2C(F)(F)F)nc(Cl)c1C.Cc1nc(-c2ccccc2Cl)nc(Cl)c1C.FC(F)(F)c1ccccc1-c1nc(Cl)cc(-c2ccccc2)n1.FC(F)(F)c1ccccc1-c1nc(Cl)cc(-c2ccccc2Cl)n1.FC(F)(F)c1ccccc1-c1nc(Cl)cc(C2CCCCC2)n1. The van der Waals surface area contributed by atoms with Crippen LogP contribution in [0.5, 0.6) is 0 Å². The number of rotatable bonds is 10. The number of hydrogen-bond donors (Lipinski definition) is 0.